The van der Waals surface area contributed by atoms with E-state index in [2.05, 4.69) is 5.32 Å². The van der Waals surface area contributed by atoms with Gasteiger partial charge in [-0.15, -0.1) is 0 Å². The number of carbonyl (C=O) groups excluding carboxylic acids is 1. The minimum atomic E-state index is -1.21. The predicted molar refractivity (Wildman–Crippen MR) is 117 cm³/mol. The van der Waals surface area contributed by atoms with E-state index in [0.29, 0.717) is 10.9 Å². The molecule has 2 N–H and O–H groups in total. The number of para-hydroxylation sites is 1. The molecule has 1 amide bonds. The van der Waals surface area contributed by atoms with Gasteiger partial charge in [-0.2, -0.15) is 0 Å². The van der Waals surface area contributed by atoms with Crippen LogP contribution in [0.25, 0.3) is 10.9 Å². The van der Waals surface area contributed by atoms with Gasteiger partial charge in [0, 0.05) is 13.5 Å². The zero-order chi connectivity index (χ0) is 22.7. The predicted octanol–water partition coefficient (Wildman–Crippen LogP) is 1.71. The van der Waals surface area contributed by atoms with Crippen LogP contribution < -0.4 is 16.6 Å². The number of nitrogens with zero attached hydrogens (tertiary/aromatic N) is 2. The van der Waals surface area contributed by atoms with Crippen molar-refractivity contribution < 1.29 is 14.7 Å². The normalized spacial score (nSPS) is 13.2. The third-order valence-electron chi connectivity index (χ3n) is 5.32. The molecule has 0 spiro atoms. The molecule has 3 aromatic rings. The van der Waals surface area contributed by atoms with E-state index >= 15 is 0 Å². The minimum Gasteiger partial charge on any atom is -0.480 e. The number of carbonyl (C=O) groups is 2. The van der Waals surface area contributed by atoms with E-state index in [4.69, 9.17) is 0 Å². The number of carboxylic acids is 1. The van der Waals surface area contributed by atoms with Crippen LogP contribution in [0, 0.1) is 5.92 Å². The van der Waals surface area contributed by atoms with Crippen molar-refractivity contribution in [3.05, 3.63) is 81.0 Å². The molecule has 2 aromatic carbocycles. The van der Waals surface area contributed by atoms with Crippen molar-refractivity contribution in [2.24, 2.45) is 13.0 Å². The van der Waals surface area contributed by atoms with Crippen LogP contribution in [0.3, 0.4) is 0 Å². The molecule has 0 saturated carbocycles. The highest BCUT2D eigenvalue weighted by Crippen LogP contribution is 2.15. The first-order valence-electron chi connectivity index (χ1n) is 9.99. The molecule has 8 heteroatoms. The number of hydrogen-bond donors (Lipinski definition) is 2. The fourth-order valence-electron chi connectivity index (χ4n) is 3.60. The fourth-order valence-corrected chi connectivity index (χ4v) is 3.60. The minimum absolute atomic E-state index is 0.0601. The number of rotatable bonds is 7. The highest BCUT2D eigenvalue weighted by molar-refractivity contribution is 5.87. The van der Waals surface area contributed by atoms with Crippen LogP contribution in [0.1, 0.15) is 25.5 Å². The number of aliphatic carboxylic acids is 1. The fraction of sp³-hybridized carbons (Fsp3) is 0.304. The summed E-state index contributed by atoms with van der Waals surface area (Å²) in [7, 11) is 1.53. The van der Waals surface area contributed by atoms with E-state index in [0.717, 1.165) is 10.1 Å². The second-order valence-corrected chi connectivity index (χ2v) is 7.81. The smallest absolute Gasteiger partial charge is 0.331 e. The van der Waals surface area contributed by atoms with Crippen LogP contribution in [-0.2, 0) is 23.1 Å². The lowest BCUT2D eigenvalue weighted by atomic mass is 10.0. The van der Waals surface area contributed by atoms with Crippen molar-refractivity contribution in [1.82, 2.24) is 14.5 Å². The van der Waals surface area contributed by atoms with E-state index in [1.54, 1.807) is 62.4 Å². The molecular weight excluding hydrogens is 398 g/mol. The van der Waals surface area contributed by atoms with Gasteiger partial charge in [0.2, 0.25) is 5.91 Å². The van der Waals surface area contributed by atoms with Crippen molar-refractivity contribution >= 4 is 22.8 Å². The molecule has 0 bridgehead atoms. The number of benzene rings is 2. The average molecular weight is 423 g/mol. The van der Waals surface area contributed by atoms with Crippen molar-refractivity contribution in [2.75, 3.05) is 0 Å². The van der Waals surface area contributed by atoms with Crippen LogP contribution in [0.4, 0.5) is 0 Å². The van der Waals surface area contributed by atoms with Gasteiger partial charge < -0.3 is 10.4 Å². The van der Waals surface area contributed by atoms with Gasteiger partial charge in [0.1, 0.15) is 12.1 Å². The van der Waals surface area contributed by atoms with Gasteiger partial charge in [-0.05, 0) is 23.6 Å². The third-order valence-corrected chi connectivity index (χ3v) is 5.32. The molecule has 162 valence electrons. The third kappa shape index (κ3) is 4.42. The van der Waals surface area contributed by atoms with Crippen LogP contribution in [0.15, 0.2) is 64.2 Å². The Balaban J connectivity index is 2.17. The van der Waals surface area contributed by atoms with E-state index in [9.17, 15) is 24.3 Å². The zero-order valence-electron chi connectivity index (χ0n) is 17.6. The standard InChI is InChI=1S/C23H25N3O5/c1-14(2)19(22(29)30)24-20(27)18(13-15-9-5-4-6-10-15)26-21(28)16-11-7-8-12-17(16)25(3)23(26)31/h4-12,14,18-19H,13H2,1-3H3,(H,24,27)(H,29,30)/t18-,19-/m0/s1. The average Bonchev–Trinajstić information content (AvgIpc) is 2.75. The number of aromatic nitrogens is 2. The van der Waals surface area contributed by atoms with E-state index in [1.807, 2.05) is 6.07 Å². The molecule has 0 saturated heterocycles. The van der Waals surface area contributed by atoms with Gasteiger partial charge in [0.15, 0.2) is 0 Å². The summed E-state index contributed by atoms with van der Waals surface area (Å²) in [5.41, 5.74) is -0.0400. The van der Waals surface area contributed by atoms with Crippen molar-refractivity contribution in [2.45, 2.75) is 32.4 Å². The molecule has 0 radical (unpaired) electrons. The highest BCUT2D eigenvalue weighted by Gasteiger charge is 2.31. The maximum Gasteiger partial charge on any atom is 0.331 e. The monoisotopic (exact) mass is 423 g/mol. The summed E-state index contributed by atoms with van der Waals surface area (Å²) in [6, 6.07) is 13.3. The number of aryl methyl sites for hydroxylation is 1. The molecule has 0 aliphatic rings. The van der Waals surface area contributed by atoms with E-state index < -0.39 is 35.2 Å². The topological polar surface area (TPSA) is 110 Å². The first-order chi connectivity index (χ1) is 14.7. The summed E-state index contributed by atoms with van der Waals surface area (Å²) in [6.45, 7) is 3.35. The van der Waals surface area contributed by atoms with Crippen LogP contribution in [0.2, 0.25) is 0 Å². The van der Waals surface area contributed by atoms with E-state index in [1.165, 1.54) is 11.6 Å². The van der Waals surface area contributed by atoms with Gasteiger partial charge in [-0.25, -0.2) is 14.2 Å². The molecule has 1 aromatic heterocycles. The largest absolute Gasteiger partial charge is 0.480 e. The summed E-state index contributed by atoms with van der Waals surface area (Å²) in [5.74, 6) is -2.25. The number of carboxylic acid groups (broad SMARTS) is 1. The molecular formula is C23H25N3O5. The van der Waals surface area contributed by atoms with E-state index in [-0.39, 0.29) is 12.3 Å². The summed E-state index contributed by atoms with van der Waals surface area (Å²) in [5, 5.41) is 12.3. The SMILES string of the molecule is CC(C)[C@H](NC(=O)[C@H](Cc1ccccc1)n1c(=O)c2ccccc2n(C)c1=O)C(=O)O. The molecule has 0 aliphatic carbocycles. The number of hydrogen-bond acceptors (Lipinski definition) is 4. The molecule has 2 atom stereocenters. The Bertz CT molecular complexity index is 1230. The molecule has 0 aliphatic heterocycles. The van der Waals surface area contributed by atoms with Gasteiger partial charge in [-0.3, -0.25) is 14.2 Å². The second kappa shape index (κ2) is 8.99. The zero-order valence-corrected chi connectivity index (χ0v) is 17.6. The Morgan fingerprint density at radius 3 is 2.23 bits per heavy atom. The molecule has 0 fully saturated rings. The Hall–Kier alpha value is -3.68. The maximum atomic E-state index is 13.2. The molecule has 31 heavy (non-hydrogen) atoms. The molecule has 0 unspecified atom stereocenters. The highest BCUT2D eigenvalue weighted by atomic mass is 16.4. The van der Waals surface area contributed by atoms with Gasteiger partial charge in [0.05, 0.1) is 10.9 Å². The summed E-state index contributed by atoms with van der Waals surface area (Å²) >= 11 is 0. The summed E-state index contributed by atoms with van der Waals surface area (Å²) in [6.07, 6.45) is 0.0601. The molecule has 1 heterocycles. The Morgan fingerprint density at radius 2 is 1.61 bits per heavy atom. The maximum absolute atomic E-state index is 13.2. The lowest BCUT2D eigenvalue weighted by Crippen LogP contribution is -2.51. The first kappa shape index (κ1) is 22.0. The number of nitrogens with one attached hydrogen (secondary N) is 1. The Labute approximate surface area is 178 Å². The summed E-state index contributed by atoms with van der Waals surface area (Å²) < 4.78 is 2.24. The molecule has 8 nitrogen and oxygen atoms in total. The second-order valence-electron chi connectivity index (χ2n) is 7.81. The first-order valence-corrected chi connectivity index (χ1v) is 9.99. The van der Waals surface area contributed by atoms with Crippen LogP contribution in [-0.4, -0.2) is 32.2 Å². The van der Waals surface area contributed by atoms with Gasteiger partial charge in [-0.1, -0.05) is 56.3 Å². The lowest BCUT2D eigenvalue weighted by Gasteiger charge is -2.24. The number of fused-ring (bicyclic) bond motifs is 1. The molecule has 3 rings (SSSR count). The van der Waals surface area contributed by atoms with Gasteiger partial charge >= 0.3 is 11.7 Å². The van der Waals surface area contributed by atoms with Crippen LogP contribution >= 0.6 is 0 Å². The quantitative estimate of drug-likeness (QED) is 0.601. The van der Waals surface area contributed by atoms with Gasteiger partial charge in [0.25, 0.3) is 5.56 Å². The summed E-state index contributed by atoms with van der Waals surface area (Å²) in [4.78, 5) is 51.2. The number of amides is 1. The van der Waals surface area contributed by atoms with Crippen LogP contribution in [0.5, 0.6) is 0 Å². The lowest BCUT2D eigenvalue weighted by molar-refractivity contribution is -0.143. The van der Waals surface area contributed by atoms with Crippen molar-refractivity contribution in [3.63, 3.8) is 0 Å². The Kier molecular flexibility index (Phi) is 6.39. The van der Waals surface area contributed by atoms with Crippen molar-refractivity contribution in [3.8, 4) is 0 Å². The Morgan fingerprint density at radius 1 is 1.00 bits per heavy atom. The van der Waals surface area contributed by atoms with Crippen molar-refractivity contribution in [1.29, 1.82) is 0 Å².